The first kappa shape index (κ1) is 12.0. The first-order valence-corrected chi connectivity index (χ1v) is 5.54. The fourth-order valence-electron chi connectivity index (χ4n) is 2.02. The molecule has 0 aromatic heterocycles. The Balaban J connectivity index is 0.000000561. The van der Waals surface area contributed by atoms with E-state index in [0.717, 1.165) is 0 Å². The average molecular weight is 171 g/mol. The van der Waals surface area contributed by atoms with Gasteiger partial charge in [0.05, 0.1) is 0 Å². The van der Waals surface area contributed by atoms with Crippen molar-refractivity contribution in [2.24, 2.45) is 5.41 Å². The topological polar surface area (TPSA) is 12.0 Å². The van der Waals surface area contributed by atoms with E-state index in [1.165, 1.54) is 38.8 Å². The number of nitrogens with one attached hydrogen (secondary N) is 1. The molecule has 12 heavy (non-hydrogen) atoms. The molecule has 0 spiro atoms. The third-order valence-corrected chi connectivity index (χ3v) is 2.56. The quantitative estimate of drug-likeness (QED) is 0.685. The third kappa shape index (κ3) is 3.14. The van der Waals surface area contributed by atoms with Crippen LogP contribution in [-0.2, 0) is 0 Å². The lowest BCUT2D eigenvalue weighted by Crippen LogP contribution is -2.53. The highest BCUT2D eigenvalue weighted by atomic mass is 15.0. The van der Waals surface area contributed by atoms with E-state index in [-0.39, 0.29) is 0 Å². The lowest BCUT2D eigenvalue weighted by atomic mass is 9.74. The van der Waals surface area contributed by atoms with Crippen LogP contribution in [-0.4, -0.2) is 13.1 Å². The summed E-state index contributed by atoms with van der Waals surface area (Å²) in [6.45, 7) is 11.1. The van der Waals surface area contributed by atoms with Gasteiger partial charge in [-0.05, 0) is 18.3 Å². The molecule has 1 heteroatoms. The van der Waals surface area contributed by atoms with Gasteiger partial charge in [0, 0.05) is 13.1 Å². The van der Waals surface area contributed by atoms with Gasteiger partial charge in [-0.15, -0.1) is 0 Å². The minimum Gasteiger partial charge on any atom is -0.316 e. The summed E-state index contributed by atoms with van der Waals surface area (Å²) in [5.41, 5.74) is 0.712. The second kappa shape index (κ2) is 6.47. The van der Waals surface area contributed by atoms with Crippen molar-refractivity contribution >= 4 is 0 Å². The molecule has 0 saturated carbocycles. The summed E-state index contributed by atoms with van der Waals surface area (Å²) in [7, 11) is 0. The van der Waals surface area contributed by atoms with Crippen LogP contribution in [0.5, 0.6) is 0 Å². The monoisotopic (exact) mass is 171 g/mol. The van der Waals surface area contributed by atoms with Crippen molar-refractivity contribution in [3.63, 3.8) is 0 Å². The summed E-state index contributed by atoms with van der Waals surface area (Å²) in [5.74, 6) is 0. The smallest absolute Gasteiger partial charge is 0.00202 e. The first-order valence-electron chi connectivity index (χ1n) is 5.54. The van der Waals surface area contributed by atoms with E-state index in [2.05, 4.69) is 19.2 Å². The first-order chi connectivity index (χ1) is 5.83. The van der Waals surface area contributed by atoms with Crippen LogP contribution in [0, 0.1) is 5.41 Å². The Bertz CT molecular complexity index is 87.2. The minimum absolute atomic E-state index is 0.712. The van der Waals surface area contributed by atoms with Crippen LogP contribution in [0.25, 0.3) is 0 Å². The normalized spacial score (nSPS) is 19.0. The van der Waals surface area contributed by atoms with Crippen molar-refractivity contribution in [2.45, 2.75) is 53.4 Å². The maximum atomic E-state index is 3.37. The van der Waals surface area contributed by atoms with E-state index in [1.54, 1.807) is 0 Å². The van der Waals surface area contributed by atoms with E-state index >= 15 is 0 Å². The molecule has 74 valence electrons. The standard InChI is InChI=1S/C9H19N.C2H6/c1-3-5-9(6-4-2)7-10-8-9;1-2/h10H,3-8H2,1-2H3;1-2H3. The summed E-state index contributed by atoms with van der Waals surface area (Å²) in [4.78, 5) is 0. The summed E-state index contributed by atoms with van der Waals surface area (Å²) < 4.78 is 0. The van der Waals surface area contributed by atoms with E-state index in [0.29, 0.717) is 5.41 Å². The van der Waals surface area contributed by atoms with Gasteiger partial charge in [0.2, 0.25) is 0 Å². The lowest BCUT2D eigenvalue weighted by Gasteiger charge is -2.42. The highest BCUT2D eigenvalue weighted by Crippen LogP contribution is 2.33. The maximum Gasteiger partial charge on any atom is 0.00202 e. The van der Waals surface area contributed by atoms with Crippen LogP contribution >= 0.6 is 0 Å². The van der Waals surface area contributed by atoms with Gasteiger partial charge in [-0.3, -0.25) is 0 Å². The van der Waals surface area contributed by atoms with Crippen LogP contribution in [0.1, 0.15) is 53.4 Å². The van der Waals surface area contributed by atoms with E-state index in [4.69, 9.17) is 0 Å². The van der Waals surface area contributed by atoms with E-state index in [9.17, 15) is 0 Å². The Hall–Kier alpha value is -0.0400. The zero-order valence-corrected chi connectivity index (χ0v) is 9.24. The summed E-state index contributed by atoms with van der Waals surface area (Å²) in [6, 6.07) is 0. The van der Waals surface area contributed by atoms with Gasteiger partial charge < -0.3 is 5.32 Å². The van der Waals surface area contributed by atoms with Gasteiger partial charge in [0.25, 0.3) is 0 Å². The second-order valence-electron chi connectivity index (χ2n) is 3.60. The Morgan fingerprint density at radius 1 is 1.00 bits per heavy atom. The molecule has 0 aromatic rings. The molecule has 0 bridgehead atoms. The van der Waals surface area contributed by atoms with E-state index in [1.807, 2.05) is 13.8 Å². The molecule has 0 amide bonds. The SMILES string of the molecule is CC.CCCC1(CCC)CNC1. The van der Waals surface area contributed by atoms with Gasteiger partial charge >= 0.3 is 0 Å². The molecule has 0 aromatic carbocycles. The molecule has 1 rings (SSSR count). The molecule has 1 heterocycles. The lowest BCUT2D eigenvalue weighted by molar-refractivity contribution is 0.135. The summed E-state index contributed by atoms with van der Waals surface area (Å²) in [6.07, 6.45) is 5.55. The number of hydrogen-bond donors (Lipinski definition) is 1. The predicted octanol–water partition coefficient (Wildman–Crippen LogP) is 3.20. The van der Waals surface area contributed by atoms with Crippen molar-refractivity contribution in [1.29, 1.82) is 0 Å². The van der Waals surface area contributed by atoms with Gasteiger partial charge in [-0.2, -0.15) is 0 Å². The zero-order valence-electron chi connectivity index (χ0n) is 9.24. The van der Waals surface area contributed by atoms with Crippen LogP contribution in [0.2, 0.25) is 0 Å². The molecule has 1 aliphatic rings. The molecule has 1 fully saturated rings. The molecule has 1 N–H and O–H groups in total. The Morgan fingerprint density at radius 3 is 1.58 bits per heavy atom. The highest BCUT2D eigenvalue weighted by molar-refractivity contribution is 4.91. The minimum atomic E-state index is 0.712. The Morgan fingerprint density at radius 2 is 1.42 bits per heavy atom. The van der Waals surface area contributed by atoms with Crippen LogP contribution in [0.3, 0.4) is 0 Å². The fourth-order valence-corrected chi connectivity index (χ4v) is 2.02. The number of hydrogen-bond acceptors (Lipinski definition) is 1. The second-order valence-corrected chi connectivity index (χ2v) is 3.60. The maximum absolute atomic E-state index is 3.37. The summed E-state index contributed by atoms with van der Waals surface area (Å²) in [5, 5.41) is 3.37. The van der Waals surface area contributed by atoms with Gasteiger partial charge in [-0.25, -0.2) is 0 Å². The molecular weight excluding hydrogens is 146 g/mol. The third-order valence-electron chi connectivity index (χ3n) is 2.56. The summed E-state index contributed by atoms with van der Waals surface area (Å²) >= 11 is 0. The predicted molar refractivity (Wildman–Crippen MR) is 56.5 cm³/mol. The van der Waals surface area contributed by atoms with Crippen molar-refractivity contribution in [3.05, 3.63) is 0 Å². The Labute approximate surface area is 77.9 Å². The fraction of sp³-hybridized carbons (Fsp3) is 1.00. The van der Waals surface area contributed by atoms with Crippen molar-refractivity contribution in [1.82, 2.24) is 5.32 Å². The van der Waals surface area contributed by atoms with E-state index < -0.39 is 0 Å². The number of rotatable bonds is 4. The van der Waals surface area contributed by atoms with Crippen molar-refractivity contribution in [3.8, 4) is 0 Å². The molecule has 0 unspecified atom stereocenters. The largest absolute Gasteiger partial charge is 0.316 e. The van der Waals surface area contributed by atoms with Crippen LogP contribution in [0.4, 0.5) is 0 Å². The Kier molecular flexibility index (Phi) is 6.45. The van der Waals surface area contributed by atoms with Gasteiger partial charge in [0.15, 0.2) is 0 Å². The molecule has 1 aliphatic heterocycles. The van der Waals surface area contributed by atoms with Crippen LogP contribution in [0.15, 0.2) is 0 Å². The van der Waals surface area contributed by atoms with Crippen LogP contribution < -0.4 is 5.32 Å². The molecule has 0 radical (unpaired) electrons. The van der Waals surface area contributed by atoms with Gasteiger partial charge in [0.1, 0.15) is 0 Å². The molecule has 1 saturated heterocycles. The molecule has 0 atom stereocenters. The molecule has 1 nitrogen and oxygen atoms in total. The van der Waals surface area contributed by atoms with Crippen molar-refractivity contribution < 1.29 is 0 Å². The highest BCUT2D eigenvalue weighted by Gasteiger charge is 2.34. The van der Waals surface area contributed by atoms with Crippen molar-refractivity contribution in [2.75, 3.05) is 13.1 Å². The molecular formula is C11H25N. The van der Waals surface area contributed by atoms with Gasteiger partial charge in [-0.1, -0.05) is 40.5 Å². The average Bonchev–Trinajstić information content (AvgIpc) is 2.05. The molecule has 0 aliphatic carbocycles. The zero-order chi connectivity index (χ0) is 9.45.